The zero-order valence-electron chi connectivity index (χ0n) is 8.53. The minimum atomic E-state index is -1.16. The van der Waals surface area contributed by atoms with Crippen LogP contribution in [0.5, 0.6) is 0 Å². The van der Waals surface area contributed by atoms with Gasteiger partial charge < -0.3 is 21.7 Å². The molecule has 0 radical (unpaired) electrons. The largest absolute Gasteiger partial charge is 0.399 e. The minimum Gasteiger partial charge on any atom is -0.399 e. The monoisotopic (exact) mass is 264 g/mol. The third kappa shape index (κ3) is 2.99. The molecule has 0 fully saturated rings. The van der Waals surface area contributed by atoms with E-state index in [2.05, 4.69) is 0 Å². The maximum Gasteiger partial charge on any atom is 0.108 e. The molecule has 0 saturated heterocycles. The van der Waals surface area contributed by atoms with Crippen LogP contribution in [0, 0.1) is 0 Å². The highest BCUT2D eigenvalue weighted by atomic mass is 35.5. The second-order valence-corrected chi connectivity index (χ2v) is 4.30. The van der Waals surface area contributed by atoms with Gasteiger partial charge in [0.1, 0.15) is 6.10 Å². The highest BCUT2D eigenvalue weighted by molar-refractivity contribution is 6.36. The van der Waals surface area contributed by atoms with Crippen LogP contribution in [-0.2, 0) is 0 Å². The van der Waals surface area contributed by atoms with Crippen molar-refractivity contribution in [1.82, 2.24) is 0 Å². The number of aliphatic hydroxyl groups excluding tert-OH is 2. The van der Waals surface area contributed by atoms with Gasteiger partial charge in [0.2, 0.25) is 0 Å². The molecule has 0 amide bonds. The number of hydrogen-bond acceptors (Lipinski definition) is 4. The molecule has 0 aliphatic heterocycles. The predicted octanol–water partition coefficient (Wildman–Crippen LogP) is 1.32. The van der Waals surface area contributed by atoms with E-state index in [4.69, 9.17) is 34.7 Å². The summed E-state index contributed by atoms with van der Waals surface area (Å²) < 4.78 is 0. The highest BCUT2D eigenvalue weighted by Crippen LogP contribution is 2.34. The van der Waals surface area contributed by atoms with Crippen LogP contribution in [-0.4, -0.2) is 22.9 Å². The topological polar surface area (TPSA) is 92.5 Å². The lowest BCUT2D eigenvalue weighted by Crippen LogP contribution is -2.22. The van der Waals surface area contributed by atoms with Gasteiger partial charge >= 0.3 is 0 Å². The summed E-state index contributed by atoms with van der Waals surface area (Å²) in [5.74, 6) is 0. The van der Waals surface area contributed by atoms with E-state index < -0.39 is 12.2 Å². The van der Waals surface area contributed by atoms with E-state index in [0.717, 1.165) is 0 Å². The standard InChI is InChI=1S/C10H14Cl2N2O2/c11-6-3-5(14)4-7(12)9(6)10(16)8(15)1-2-13/h3-4,8,10,15-16H,1-2,13-14H2. The van der Waals surface area contributed by atoms with Gasteiger partial charge in [0.15, 0.2) is 0 Å². The van der Waals surface area contributed by atoms with Gasteiger partial charge in [-0.25, -0.2) is 0 Å². The predicted molar refractivity (Wildman–Crippen MR) is 65.5 cm³/mol. The third-order valence-corrected chi connectivity index (χ3v) is 2.85. The number of nitrogen functional groups attached to an aromatic ring is 1. The van der Waals surface area contributed by atoms with Crippen LogP contribution < -0.4 is 11.5 Å². The van der Waals surface area contributed by atoms with Crippen molar-refractivity contribution in [3.8, 4) is 0 Å². The van der Waals surface area contributed by atoms with Crippen molar-refractivity contribution in [2.75, 3.05) is 12.3 Å². The molecule has 1 aromatic rings. The van der Waals surface area contributed by atoms with Crippen molar-refractivity contribution >= 4 is 28.9 Å². The van der Waals surface area contributed by atoms with Crippen molar-refractivity contribution in [2.24, 2.45) is 5.73 Å². The average Bonchev–Trinajstić information content (AvgIpc) is 2.16. The molecule has 0 aromatic heterocycles. The number of halogens is 2. The lowest BCUT2D eigenvalue weighted by atomic mass is 10.0. The quantitative estimate of drug-likeness (QED) is 0.618. The minimum absolute atomic E-state index is 0.230. The zero-order valence-corrected chi connectivity index (χ0v) is 10.0. The van der Waals surface area contributed by atoms with Crippen LogP contribution >= 0.6 is 23.2 Å². The molecule has 4 nitrogen and oxygen atoms in total. The molecule has 0 saturated carbocycles. The number of anilines is 1. The molecule has 0 aliphatic carbocycles. The third-order valence-electron chi connectivity index (χ3n) is 2.22. The SMILES string of the molecule is NCCC(O)C(O)c1c(Cl)cc(N)cc1Cl. The van der Waals surface area contributed by atoms with Crippen LogP contribution in [0.1, 0.15) is 18.1 Å². The molecule has 1 aromatic carbocycles. The second-order valence-electron chi connectivity index (χ2n) is 3.49. The Labute approximate surface area is 104 Å². The van der Waals surface area contributed by atoms with Gasteiger partial charge in [-0.15, -0.1) is 0 Å². The summed E-state index contributed by atoms with van der Waals surface area (Å²) in [4.78, 5) is 0. The maximum absolute atomic E-state index is 9.86. The van der Waals surface area contributed by atoms with Gasteiger partial charge in [0.25, 0.3) is 0 Å². The smallest absolute Gasteiger partial charge is 0.108 e. The van der Waals surface area contributed by atoms with Crippen molar-refractivity contribution < 1.29 is 10.2 Å². The lowest BCUT2D eigenvalue weighted by Gasteiger charge is -2.20. The first kappa shape index (κ1) is 13.5. The molecule has 2 atom stereocenters. The van der Waals surface area contributed by atoms with Crippen LogP contribution in [0.15, 0.2) is 12.1 Å². The number of rotatable bonds is 4. The molecular weight excluding hydrogens is 251 g/mol. The maximum atomic E-state index is 9.86. The fourth-order valence-electron chi connectivity index (χ4n) is 1.41. The zero-order chi connectivity index (χ0) is 12.3. The molecule has 90 valence electrons. The van der Waals surface area contributed by atoms with E-state index in [1.807, 2.05) is 0 Å². The average molecular weight is 265 g/mol. The van der Waals surface area contributed by atoms with Crippen LogP contribution in [0.2, 0.25) is 10.0 Å². The first-order valence-electron chi connectivity index (χ1n) is 4.78. The van der Waals surface area contributed by atoms with Crippen molar-refractivity contribution in [3.05, 3.63) is 27.7 Å². The van der Waals surface area contributed by atoms with Crippen LogP contribution in [0.25, 0.3) is 0 Å². The van der Waals surface area contributed by atoms with Crippen molar-refractivity contribution in [1.29, 1.82) is 0 Å². The summed E-state index contributed by atoms with van der Waals surface area (Å²) >= 11 is 11.8. The van der Waals surface area contributed by atoms with Gasteiger partial charge in [0, 0.05) is 21.3 Å². The van der Waals surface area contributed by atoms with Gasteiger partial charge in [-0.1, -0.05) is 23.2 Å². The van der Waals surface area contributed by atoms with E-state index in [-0.39, 0.29) is 28.6 Å². The summed E-state index contributed by atoms with van der Waals surface area (Å²) in [6.45, 7) is 0.266. The number of benzene rings is 1. The Morgan fingerprint density at radius 2 is 1.69 bits per heavy atom. The molecule has 16 heavy (non-hydrogen) atoms. The number of nitrogens with two attached hydrogens (primary N) is 2. The van der Waals surface area contributed by atoms with E-state index >= 15 is 0 Å². The normalized spacial score (nSPS) is 14.8. The number of aliphatic hydroxyl groups is 2. The van der Waals surface area contributed by atoms with Crippen LogP contribution in [0.4, 0.5) is 5.69 Å². The molecule has 1 rings (SSSR count). The van der Waals surface area contributed by atoms with E-state index in [1.54, 1.807) is 0 Å². The summed E-state index contributed by atoms with van der Waals surface area (Å²) in [5, 5.41) is 19.9. The lowest BCUT2D eigenvalue weighted by molar-refractivity contribution is 0.0151. The highest BCUT2D eigenvalue weighted by Gasteiger charge is 2.23. The molecule has 6 N–H and O–H groups in total. The Bertz CT molecular complexity index is 351. The van der Waals surface area contributed by atoms with Crippen molar-refractivity contribution in [3.63, 3.8) is 0 Å². The van der Waals surface area contributed by atoms with Crippen molar-refractivity contribution in [2.45, 2.75) is 18.6 Å². The summed E-state index contributed by atoms with van der Waals surface area (Å²) in [7, 11) is 0. The Balaban J connectivity index is 3.03. The van der Waals surface area contributed by atoms with Gasteiger partial charge in [0.05, 0.1) is 6.10 Å². The molecule has 0 aliphatic rings. The summed E-state index contributed by atoms with van der Waals surface area (Å²) in [5.41, 5.74) is 11.5. The Hall–Kier alpha value is -0.520. The van der Waals surface area contributed by atoms with Gasteiger partial charge in [-0.3, -0.25) is 0 Å². The Morgan fingerprint density at radius 1 is 1.19 bits per heavy atom. The summed E-state index contributed by atoms with van der Waals surface area (Å²) in [6.07, 6.45) is -1.90. The first-order valence-corrected chi connectivity index (χ1v) is 5.53. The number of hydrogen-bond donors (Lipinski definition) is 4. The summed E-state index contributed by atoms with van der Waals surface area (Å²) in [6, 6.07) is 2.95. The fourth-order valence-corrected chi connectivity index (χ4v) is 2.13. The van der Waals surface area contributed by atoms with E-state index in [0.29, 0.717) is 5.69 Å². The molecule has 0 bridgehead atoms. The molecule has 6 heteroatoms. The Morgan fingerprint density at radius 3 is 2.12 bits per heavy atom. The molecule has 2 unspecified atom stereocenters. The second kappa shape index (κ2) is 5.70. The Kier molecular flexibility index (Phi) is 4.83. The first-order chi connectivity index (χ1) is 7.47. The molecule has 0 spiro atoms. The van der Waals surface area contributed by atoms with Crippen LogP contribution in [0.3, 0.4) is 0 Å². The molecular formula is C10H14Cl2N2O2. The fraction of sp³-hybridized carbons (Fsp3) is 0.400. The van der Waals surface area contributed by atoms with E-state index in [9.17, 15) is 10.2 Å². The molecule has 0 heterocycles. The van der Waals surface area contributed by atoms with Gasteiger partial charge in [-0.2, -0.15) is 0 Å². The van der Waals surface area contributed by atoms with E-state index in [1.165, 1.54) is 12.1 Å². The van der Waals surface area contributed by atoms with Gasteiger partial charge in [-0.05, 0) is 25.1 Å².